The van der Waals surface area contributed by atoms with Crippen molar-refractivity contribution in [3.8, 4) is 0 Å². The highest BCUT2D eigenvalue weighted by molar-refractivity contribution is 8.00. The Labute approximate surface area is 103 Å². The molecule has 0 aromatic heterocycles. The van der Waals surface area contributed by atoms with E-state index >= 15 is 0 Å². The molecule has 3 N–H and O–H groups in total. The molecule has 8 heteroatoms. The number of carbonyl (C=O) groups excluding carboxylic acids is 2. The highest BCUT2D eigenvalue weighted by Crippen LogP contribution is 2.02. The van der Waals surface area contributed by atoms with E-state index in [0.717, 1.165) is 11.8 Å². The van der Waals surface area contributed by atoms with Crippen LogP contribution in [0.1, 0.15) is 0 Å². The molecule has 1 atom stereocenters. The van der Waals surface area contributed by atoms with Crippen LogP contribution in [0.2, 0.25) is 0 Å². The number of hydrogen-bond donors (Lipinski definition) is 3. The second kappa shape index (κ2) is 9.91. The summed E-state index contributed by atoms with van der Waals surface area (Å²) < 4.78 is 4.75. The molecule has 0 saturated heterocycles. The Bertz CT molecular complexity index is 262. The first-order valence-electron chi connectivity index (χ1n) is 4.87. The van der Waals surface area contributed by atoms with Crippen LogP contribution in [0.5, 0.6) is 0 Å². The van der Waals surface area contributed by atoms with Gasteiger partial charge in [-0.15, -0.1) is 11.8 Å². The van der Waals surface area contributed by atoms with Gasteiger partial charge in [-0.2, -0.15) is 0 Å². The molecular formula is C9H16N2O5S. The zero-order valence-electron chi connectivity index (χ0n) is 9.47. The molecule has 0 heterocycles. The highest BCUT2D eigenvalue weighted by atomic mass is 32.2. The number of aliphatic carboxylic acids is 1. The predicted octanol–water partition coefficient (Wildman–Crippen LogP) is -1.32. The molecule has 0 fully saturated rings. The molecule has 1 unspecified atom stereocenters. The van der Waals surface area contributed by atoms with Gasteiger partial charge in [-0.1, -0.05) is 0 Å². The van der Waals surface area contributed by atoms with Crippen molar-refractivity contribution in [2.45, 2.75) is 6.04 Å². The summed E-state index contributed by atoms with van der Waals surface area (Å²) in [5.74, 6) is -1.02. The lowest BCUT2D eigenvalue weighted by Crippen LogP contribution is -2.38. The van der Waals surface area contributed by atoms with E-state index in [4.69, 9.17) is 9.84 Å². The number of thioether (sulfide) groups is 1. The largest absolute Gasteiger partial charge is 0.480 e. The van der Waals surface area contributed by atoms with E-state index < -0.39 is 12.0 Å². The van der Waals surface area contributed by atoms with Gasteiger partial charge in [0.2, 0.25) is 12.3 Å². The summed E-state index contributed by atoms with van der Waals surface area (Å²) in [5.41, 5.74) is 0. The maximum Gasteiger partial charge on any atom is 0.327 e. The lowest BCUT2D eigenvalue weighted by atomic mass is 10.3. The van der Waals surface area contributed by atoms with Gasteiger partial charge in [-0.05, 0) is 0 Å². The lowest BCUT2D eigenvalue weighted by Gasteiger charge is -2.10. The van der Waals surface area contributed by atoms with E-state index in [0.29, 0.717) is 19.6 Å². The Hall–Kier alpha value is -1.28. The van der Waals surface area contributed by atoms with Crippen molar-refractivity contribution in [3.05, 3.63) is 0 Å². The Morgan fingerprint density at radius 2 is 2.24 bits per heavy atom. The lowest BCUT2D eigenvalue weighted by molar-refractivity contribution is -0.139. The fraction of sp³-hybridized carbons (Fsp3) is 0.667. The summed E-state index contributed by atoms with van der Waals surface area (Å²) in [6, 6.07) is -0.968. The van der Waals surface area contributed by atoms with Crippen LogP contribution in [0.15, 0.2) is 0 Å². The summed E-state index contributed by atoms with van der Waals surface area (Å²) in [6.45, 7) is 0.853. The second-order valence-corrected chi connectivity index (χ2v) is 4.06. The number of methoxy groups -OCH3 is 1. The Kier molecular flexibility index (Phi) is 9.17. The summed E-state index contributed by atoms with van der Waals surface area (Å²) in [7, 11) is 1.53. The molecule has 0 rings (SSSR count). The molecule has 0 aliphatic carbocycles. The van der Waals surface area contributed by atoms with Crippen molar-refractivity contribution in [1.82, 2.24) is 10.6 Å². The minimum Gasteiger partial charge on any atom is -0.480 e. The number of carboxylic acids is 1. The van der Waals surface area contributed by atoms with Gasteiger partial charge in [-0.25, -0.2) is 4.79 Å². The third-order valence-electron chi connectivity index (χ3n) is 1.71. The van der Waals surface area contributed by atoms with Gasteiger partial charge in [0.15, 0.2) is 0 Å². The Morgan fingerprint density at radius 3 is 2.76 bits per heavy atom. The SMILES string of the molecule is COCCNC(=O)CSCC(NC=O)C(=O)O. The van der Waals surface area contributed by atoms with Crippen LogP contribution < -0.4 is 10.6 Å². The van der Waals surface area contributed by atoms with Crippen molar-refractivity contribution in [2.24, 2.45) is 0 Å². The second-order valence-electron chi connectivity index (χ2n) is 3.03. The van der Waals surface area contributed by atoms with Crippen LogP contribution >= 0.6 is 11.8 Å². The first-order chi connectivity index (χ1) is 8.11. The molecule has 17 heavy (non-hydrogen) atoms. The quantitative estimate of drug-likeness (QED) is 0.334. The van der Waals surface area contributed by atoms with Crippen molar-refractivity contribution in [1.29, 1.82) is 0 Å². The van der Waals surface area contributed by atoms with Gasteiger partial charge >= 0.3 is 5.97 Å². The first kappa shape index (κ1) is 15.7. The normalized spacial score (nSPS) is 11.6. The molecule has 0 aromatic rings. The van der Waals surface area contributed by atoms with Crippen LogP contribution in [0.3, 0.4) is 0 Å². The van der Waals surface area contributed by atoms with Gasteiger partial charge in [0, 0.05) is 19.4 Å². The number of rotatable bonds is 10. The molecule has 98 valence electrons. The fourth-order valence-electron chi connectivity index (χ4n) is 0.886. The standard InChI is InChI=1S/C9H16N2O5S/c1-16-3-2-10-8(13)5-17-4-7(9(14)15)11-6-12/h6-7H,2-5H2,1H3,(H,10,13)(H,11,12)(H,14,15). The highest BCUT2D eigenvalue weighted by Gasteiger charge is 2.16. The van der Waals surface area contributed by atoms with Crippen LogP contribution in [-0.2, 0) is 19.1 Å². The van der Waals surface area contributed by atoms with Crippen molar-refractivity contribution in [2.75, 3.05) is 31.8 Å². The van der Waals surface area contributed by atoms with Crippen molar-refractivity contribution in [3.63, 3.8) is 0 Å². The van der Waals surface area contributed by atoms with Crippen LogP contribution in [-0.4, -0.2) is 61.2 Å². The molecule has 0 spiro atoms. The number of nitrogens with one attached hydrogen (secondary N) is 2. The monoisotopic (exact) mass is 264 g/mol. The summed E-state index contributed by atoms with van der Waals surface area (Å²) in [6.07, 6.45) is 0.331. The molecular weight excluding hydrogens is 248 g/mol. The maximum absolute atomic E-state index is 11.2. The van der Waals surface area contributed by atoms with Crippen molar-refractivity contribution >= 4 is 30.0 Å². The van der Waals surface area contributed by atoms with Crippen LogP contribution in [0.25, 0.3) is 0 Å². The molecule has 7 nitrogen and oxygen atoms in total. The zero-order valence-corrected chi connectivity index (χ0v) is 10.3. The summed E-state index contributed by atoms with van der Waals surface area (Å²) in [5, 5.41) is 13.4. The van der Waals surface area contributed by atoms with Gasteiger partial charge in [0.05, 0.1) is 12.4 Å². The van der Waals surface area contributed by atoms with E-state index in [-0.39, 0.29) is 17.4 Å². The minimum absolute atomic E-state index is 0.145. The first-order valence-corrected chi connectivity index (χ1v) is 6.03. The topological polar surface area (TPSA) is 105 Å². The average molecular weight is 264 g/mol. The summed E-state index contributed by atoms with van der Waals surface area (Å²) in [4.78, 5) is 31.9. The van der Waals surface area contributed by atoms with E-state index in [2.05, 4.69) is 10.6 Å². The van der Waals surface area contributed by atoms with Gasteiger partial charge in [-0.3, -0.25) is 9.59 Å². The maximum atomic E-state index is 11.2. The van der Waals surface area contributed by atoms with E-state index in [9.17, 15) is 14.4 Å². The number of ether oxygens (including phenoxy) is 1. The molecule has 0 aliphatic rings. The predicted molar refractivity (Wildman–Crippen MR) is 62.8 cm³/mol. The smallest absolute Gasteiger partial charge is 0.327 e. The molecule has 0 aliphatic heterocycles. The van der Waals surface area contributed by atoms with Gasteiger partial charge in [0.1, 0.15) is 6.04 Å². The zero-order chi connectivity index (χ0) is 13.1. The molecule has 0 aromatic carbocycles. The molecule has 0 bridgehead atoms. The molecule has 0 saturated carbocycles. The fourth-order valence-corrected chi connectivity index (χ4v) is 1.77. The molecule has 0 radical (unpaired) electrons. The Balaban J connectivity index is 3.69. The van der Waals surface area contributed by atoms with Crippen molar-refractivity contribution < 1.29 is 24.2 Å². The van der Waals surface area contributed by atoms with Gasteiger partial charge in [0.25, 0.3) is 0 Å². The summed E-state index contributed by atoms with van der Waals surface area (Å²) >= 11 is 1.14. The number of carbonyl (C=O) groups is 3. The molecule has 2 amide bonds. The Morgan fingerprint density at radius 1 is 1.53 bits per heavy atom. The van der Waals surface area contributed by atoms with Gasteiger partial charge < -0.3 is 20.5 Å². The van der Waals surface area contributed by atoms with Crippen LogP contribution in [0.4, 0.5) is 0 Å². The number of carboxylic acid groups (broad SMARTS) is 1. The van der Waals surface area contributed by atoms with E-state index in [1.54, 1.807) is 0 Å². The number of hydrogen-bond acceptors (Lipinski definition) is 5. The van der Waals surface area contributed by atoms with E-state index in [1.807, 2.05) is 0 Å². The average Bonchev–Trinajstić information content (AvgIpc) is 2.28. The van der Waals surface area contributed by atoms with Crippen LogP contribution in [0, 0.1) is 0 Å². The minimum atomic E-state index is -1.12. The third kappa shape index (κ3) is 8.52. The number of amides is 2. The third-order valence-corrected chi connectivity index (χ3v) is 2.75. The van der Waals surface area contributed by atoms with E-state index in [1.165, 1.54) is 7.11 Å².